The summed E-state index contributed by atoms with van der Waals surface area (Å²) in [6.45, 7) is -0.134. The first-order valence-electron chi connectivity index (χ1n) is 8.49. The van der Waals surface area contributed by atoms with E-state index < -0.39 is 0 Å². The van der Waals surface area contributed by atoms with E-state index in [2.05, 4.69) is 15.3 Å². The van der Waals surface area contributed by atoms with Crippen LogP contribution in [0.3, 0.4) is 0 Å². The maximum atomic E-state index is 12.4. The molecular weight excluding hydrogens is 376 g/mol. The predicted molar refractivity (Wildman–Crippen MR) is 109 cm³/mol. The van der Waals surface area contributed by atoms with Crippen LogP contribution in [-0.2, 0) is 11.3 Å². The SMILES string of the molecule is COc1ccc(-c2cc(=O)n(CC(=O)Nc3nc4ccccc4s3)cn2)cc1. The maximum absolute atomic E-state index is 12.4. The minimum Gasteiger partial charge on any atom is -0.497 e. The molecule has 4 aromatic rings. The molecule has 1 amide bonds. The normalized spacial score (nSPS) is 10.8. The summed E-state index contributed by atoms with van der Waals surface area (Å²) < 4.78 is 7.37. The molecule has 2 aromatic carbocycles. The Morgan fingerprint density at radius 3 is 2.68 bits per heavy atom. The Morgan fingerprint density at radius 1 is 1.18 bits per heavy atom. The van der Waals surface area contributed by atoms with E-state index in [1.807, 2.05) is 36.4 Å². The van der Waals surface area contributed by atoms with E-state index in [1.165, 1.54) is 28.3 Å². The van der Waals surface area contributed by atoms with Crippen molar-refractivity contribution in [1.82, 2.24) is 14.5 Å². The van der Waals surface area contributed by atoms with Crippen molar-refractivity contribution in [3.05, 3.63) is 71.3 Å². The standard InChI is InChI=1S/C20H16N4O3S/c1-27-14-8-6-13(7-9-14)16-10-19(26)24(12-21-16)11-18(25)23-20-22-15-4-2-3-5-17(15)28-20/h2-10,12H,11H2,1H3,(H,22,23,25). The van der Waals surface area contributed by atoms with Crippen LogP contribution >= 0.6 is 11.3 Å². The molecule has 1 N–H and O–H groups in total. The lowest BCUT2D eigenvalue weighted by Gasteiger charge is -2.07. The number of thiazole rings is 1. The van der Waals surface area contributed by atoms with Gasteiger partial charge in [-0.2, -0.15) is 0 Å². The summed E-state index contributed by atoms with van der Waals surface area (Å²) in [6, 6.07) is 16.3. The molecule has 0 unspecified atom stereocenters. The number of ether oxygens (including phenoxy) is 1. The number of carbonyl (C=O) groups is 1. The van der Waals surface area contributed by atoms with Crippen molar-refractivity contribution in [2.75, 3.05) is 12.4 Å². The number of hydrogen-bond acceptors (Lipinski definition) is 6. The van der Waals surface area contributed by atoms with Crippen LogP contribution in [0.25, 0.3) is 21.5 Å². The third-order valence-electron chi connectivity index (χ3n) is 4.12. The van der Waals surface area contributed by atoms with Gasteiger partial charge >= 0.3 is 0 Å². The van der Waals surface area contributed by atoms with E-state index in [9.17, 15) is 9.59 Å². The highest BCUT2D eigenvalue weighted by Crippen LogP contribution is 2.25. The Hall–Kier alpha value is -3.52. The molecule has 0 atom stereocenters. The molecule has 0 aliphatic carbocycles. The van der Waals surface area contributed by atoms with Gasteiger partial charge in [0.05, 0.1) is 29.3 Å². The molecule has 28 heavy (non-hydrogen) atoms. The van der Waals surface area contributed by atoms with Crippen LogP contribution in [-0.4, -0.2) is 27.6 Å². The number of hydrogen-bond donors (Lipinski definition) is 1. The van der Waals surface area contributed by atoms with Crippen LogP contribution in [0.5, 0.6) is 5.75 Å². The lowest BCUT2D eigenvalue weighted by Crippen LogP contribution is -2.27. The van der Waals surface area contributed by atoms with Gasteiger partial charge in [-0.25, -0.2) is 9.97 Å². The summed E-state index contributed by atoms with van der Waals surface area (Å²) in [5.74, 6) is 0.392. The third kappa shape index (κ3) is 3.77. The number of para-hydroxylation sites is 1. The molecule has 0 radical (unpaired) electrons. The fourth-order valence-electron chi connectivity index (χ4n) is 2.70. The minimum absolute atomic E-state index is 0.134. The van der Waals surface area contributed by atoms with Gasteiger partial charge in [0.15, 0.2) is 5.13 Å². The fraction of sp³-hybridized carbons (Fsp3) is 0.100. The molecule has 0 aliphatic heterocycles. The number of nitrogens with zero attached hydrogens (tertiary/aromatic N) is 3. The van der Waals surface area contributed by atoms with Gasteiger partial charge in [0.25, 0.3) is 5.56 Å². The average Bonchev–Trinajstić information content (AvgIpc) is 3.11. The molecule has 2 aromatic heterocycles. The molecule has 8 heteroatoms. The Morgan fingerprint density at radius 2 is 1.96 bits per heavy atom. The lowest BCUT2D eigenvalue weighted by molar-refractivity contribution is -0.116. The Balaban J connectivity index is 1.48. The van der Waals surface area contributed by atoms with E-state index in [0.29, 0.717) is 10.8 Å². The Kier molecular flexibility index (Phi) is 4.86. The van der Waals surface area contributed by atoms with E-state index in [4.69, 9.17) is 4.74 Å². The number of amides is 1. The first-order valence-corrected chi connectivity index (χ1v) is 9.30. The summed E-state index contributed by atoms with van der Waals surface area (Å²) in [5, 5.41) is 3.24. The Bertz CT molecular complexity index is 1170. The van der Waals surface area contributed by atoms with Crippen molar-refractivity contribution in [2.24, 2.45) is 0 Å². The number of rotatable bonds is 5. The van der Waals surface area contributed by atoms with Gasteiger partial charge < -0.3 is 10.1 Å². The van der Waals surface area contributed by atoms with Crippen LogP contribution in [0.4, 0.5) is 5.13 Å². The van der Waals surface area contributed by atoms with E-state index in [0.717, 1.165) is 21.5 Å². The molecule has 2 heterocycles. The van der Waals surface area contributed by atoms with Gasteiger partial charge in [0.2, 0.25) is 5.91 Å². The number of methoxy groups -OCH3 is 1. The summed E-state index contributed by atoms with van der Waals surface area (Å²) in [4.78, 5) is 33.3. The summed E-state index contributed by atoms with van der Waals surface area (Å²) >= 11 is 1.39. The molecule has 140 valence electrons. The monoisotopic (exact) mass is 392 g/mol. The van der Waals surface area contributed by atoms with Gasteiger partial charge in [-0.1, -0.05) is 23.5 Å². The Labute approximate surface area is 164 Å². The zero-order valence-corrected chi connectivity index (χ0v) is 15.8. The van der Waals surface area contributed by atoms with Crippen molar-refractivity contribution in [1.29, 1.82) is 0 Å². The molecule has 0 bridgehead atoms. The molecule has 0 saturated carbocycles. The lowest BCUT2D eigenvalue weighted by atomic mass is 10.1. The highest BCUT2D eigenvalue weighted by molar-refractivity contribution is 7.22. The number of aromatic nitrogens is 3. The maximum Gasteiger partial charge on any atom is 0.254 e. The van der Waals surface area contributed by atoms with Crippen molar-refractivity contribution in [2.45, 2.75) is 6.54 Å². The van der Waals surface area contributed by atoms with Crippen LogP contribution in [0, 0.1) is 0 Å². The van der Waals surface area contributed by atoms with Gasteiger partial charge in [-0.05, 0) is 36.4 Å². The molecular formula is C20H16N4O3S. The van der Waals surface area contributed by atoms with E-state index in [-0.39, 0.29) is 18.0 Å². The topological polar surface area (TPSA) is 86.1 Å². The van der Waals surface area contributed by atoms with E-state index in [1.54, 1.807) is 19.2 Å². The first kappa shape index (κ1) is 17.9. The fourth-order valence-corrected chi connectivity index (χ4v) is 3.59. The van der Waals surface area contributed by atoms with Gasteiger partial charge in [0.1, 0.15) is 12.3 Å². The first-order chi connectivity index (χ1) is 13.6. The van der Waals surface area contributed by atoms with Crippen LogP contribution in [0.2, 0.25) is 0 Å². The quantitative estimate of drug-likeness (QED) is 0.564. The van der Waals surface area contributed by atoms with E-state index >= 15 is 0 Å². The zero-order valence-electron chi connectivity index (χ0n) is 15.0. The smallest absolute Gasteiger partial charge is 0.254 e. The number of anilines is 1. The van der Waals surface area contributed by atoms with Gasteiger partial charge in [-0.3, -0.25) is 14.2 Å². The van der Waals surface area contributed by atoms with Gasteiger partial charge in [-0.15, -0.1) is 0 Å². The number of benzene rings is 2. The van der Waals surface area contributed by atoms with Crippen molar-refractivity contribution in [3.63, 3.8) is 0 Å². The average molecular weight is 392 g/mol. The second-order valence-electron chi connectivity index (χ2n) is 6.00. The van der Waals surface area contributed by atoms with Crippen molar-refractivity contribution in [3.8, 4) is 17.0 Å². The van der Waals surface area contributed by atoms with Gasteiger partial charge in [0, 0.05) is 11.6 Å². The minimum atomic E-state index is -0.333. The highest BCUT2D eigenvalue weighted by Gasteiger charge is 2.10. The van der Waals surface area contributed by atoms with Crippen LogP contribution < -0.4 is 15.6 Å². The second kappa shape index (κ2) is 7.61. The summed E-state index contributed by atoms with van der Waals surface area (Å²) in [6.07, 6.45) is 1.37. The molecule has 0 saturated heterocycles. The number of nitrogens with one attached hydrogen (secondary N) is 1. The molecule has 0 fully saturated rings. The van der Waals surface area contributed by atoms with Crippen LogP contribution in [0.15, 0.2) is 65.7 Å². The predicted octanol–water partition coefficient (Wildman–Crippen LogP) is 3.17. The number of carbonyl (C=O) groups excluding carboxylic acids is 1. The second-order valence-corrected chi connectivity index (χ2v) is 7.03. The molecule has 0 spiro atoms. The van der Waals surface area contributed by atoms with Crippen molar-refractivity contribution >= 4 is 32.6 Å². The van der Waals surface area contributed by atoms with Crippen LogP contribution in [0.1, 0.15) is 0 Å². The summed E-state index contributed by atoms with van der Waals surface area (Å²) in [7, 11) is 1.59. The zero-order chi connectivity index (χ0) is 19.5. The number of fused-ring (bicyclic) bond motifs is 1. The third-order valence-corrected chi connectivity index (χ3v) is 5.07. The molecule has 4 rings (SSSR count). The molecule has 0 aliphatic rings. The largest absolute Gasteiger partial charge is 0.497 e. The highest BCUT2D eigenvalue weighted by atomic mass is 32.1. The molecule has 7 nitrogen and oxygen atoms in total. The van der Waals surface area contributed by atoms with Crippen molar-refractivity contribution < 1.29 is 9.53 Å². The summed E-state index contributed by atoms with van der Waals surface area (Å²) in [5.41, 5.74) is 1.85.